The number of carbonyl (C=O) groups excluding carboxylic acids is 1. The largest absolute Gasteiger partial charge is 0.502 e. The molecule has 2 aliphatic rings. The second-order valence-electron chi connectivity index (χ2n) is 6.66. The molecule has 3 rings (SSSR count). The Bertz CT molecular complexity index is 671. The van der Waals surface area contributed by atoms with Crippen molar-refractivity contribution in [3.8, 4) is 5.75 Å². The predicted molar refractivity (Wildman–Crippen MR) is 87.0 cm³/mol. The van der Waals surface area contributed by atoms with Crippen molar-refractivity contribution in [2.24, 2.45) is 5.41 Å². The monoisotopic (exact) mass is 334 g/mol. The highest BCUT2D eigenvalue weighted by atomic mass is 16.6. The number of phenolic OH excluding ortho intramolecular Hbond substituents is 1. The highest BCUT2D eigenvalue weighted by molar-refractivity contribution is 5.95. The Morgan fingerprint density at radius 3 is 2.71 bits per heavy atom. The van der Waals surface area contributed by atoms with E-state index in [1.165, 1.54) is 18.2 Å². The summed E-state index contributed by atoms with van der Waals surface area (Å²) in [5.41, 5.74) is -0.0804. The molecule has 2 atom stereocenters. The van der Waals surface area contributed by atoms with Crippen LogP contribution in [0.4, 0.5) is 5.69 Å². The molecule has 7 nitrogen and oxygen atoms in total. The lowest BCUT2D eigenvalue weighted by Crippen LogP contribution is -2.67. The number of nitro benzene ring substituents is 1. The van der Waals surface area contributed by atoms with Gasteiger partial charge in [-0.1, -0.05) is 6.42 Å². The molecule has 0 bridgehead atoms. The quantitative estimate of drug-likeness (QED) is 0.660. The summed E-state index contributed by atoms with van der Waals surface area (Å²) in [7, 11) is 1.76. The van der Waals surface area contributed by atoms with Gasteiger partial charge in [0.25, 0.3) is 5.91 Å². The first-order valence-electron chi connectivity index (χ1n) is 8.27. The van der Waals surface area contributed by atoms with E-state index in [1.807, 2.05) is 6.92 Å². The lowest BCUT2D eigenvalue weighted by Gasteiger charge is -2.63. The van der Waals surface area contributed by atoms with Gasteiger partial charge in [-0.3, -0.25) is 14.9 Å². The normalized spacial score (nSPS) is 24.1. The van der Waals surface area contributed by atoms with Gasteiger partial charge in [0.2, 0.25) is 0 Å². The van der Waals surface area contributed by atoms with Gasteiger partial charge < -0.3 is 14.7 Å². The van der Waals surface area contributed by atoms with Crippen molar-refractivity contribution in [1.29, 1.82) is 0 Å². The van der Waals surface area contributed by atoms with Crippen LogP contribution in [0.25, 0.3) is 0 Å². The van der Waals surface area contributed by atoms with Gasteiger partial charge in [0.05, 0.1) is 11.0 Å². The number of nitrogens with zero attached hydrogens (tertiary/aromatic N) is 2. The molecule has 1 amide bonds. The van der Waals surface area contributed by atoms with Crippen LogP contribution in [-0.2, 0) is 4.74 Å². The van der Waals surface area contributed by atoms with Crippen LogP contribution in [-0.4, -0.2) is 46.6 Å². The van der Waals surface area contributed by atoms with Gasteiger partial charge in [0.1, 0.15) is 0 Å². The minimum absolute atomic E-state index is 0.0588. The van der Waals surface area contributed by atoms with E-state index in [0.717, 1.165) is 25.7 Å². The van der Waals surface area contributed by atoms with Crippen molar-refractivity contribution >= 4 is 11.6 Å². The Labute approximate surface area is 140 Å². The van der Waals surface area contributed by atoms with E-state index in [9.17, 15) is 20.0 Å². The third kappa shape index (κ3) is 2.43. The fourth-order valence-electron chi connectivity index (χ4n) is 4.10. The molecule has 0 heterocycles. The van der Waals surface area contributed by atoms with Crippen LogP contribution in [0.3, 0.4) is 0 Å². The van der Waals surface area contributed by atoms with Gasteiger partial charge in [-0.15, -0.1) is 0 Å². The SMILES string of the molecule is CCO[C@H]1C[C@@H](N(C)C(=O)c2ccc([N+](=O)[O-])c(O)c2)C12CCC2. The lowest BCUT2D eigenvalue weighted by atomic mass is 9.50. The van der Waals surface area contributed by atoms with E-state index in [0.29, 0.717) is 6.61 Å². The van der Waals surface area contributed by atoms with Crippen LogP contribution in [0.15, 0.2) is 18.2 Å². The number of hydrogen-bond acceptors (Lipinski definition) is 5. The summed E-state index contributed by atoms with van der Waals surface area (Å²) in [6.45, 7) is 2.65. The first-order chi connectivity index (χ1) is 11.4. The Balaban J connectivity index is 1.76. The Kier molecular flexibility index (Phi) is 4.21. The van der Waals surface area contributed by atoms with E-state index < -0.39 is 16.4 Å². The minimum Gasteiger partial charge on any atom is -0.502 e. The number of nitro groups is 1. The van der Waals surface area contributed by atoms with Crippen molar-refractivity contribution in [1.82, 2.24) is 4.90 Å². The average molecular weight is 334 g/mol. The fraction of sp³-hybridized carbons (Fsp3) is 0.588. The van der Waals surface area contributed by atoms with Gasteiger partial charge in [-0.2, -0.15) is 0 Å². The number of benzene rings is 1. The van der Waals surface area contributed by atoms with E-state index >= 15 is 0 Å². The third-order valence-electron chi connectivity index (χ3n) is 5.60. The maximum absolute atomic E-state index is 12.7. The summed E-state index contributed by atoms with van der Waals surface area (Å²) in [5, 5.41) is 20.5. The van der Waals surface area contributed by atoms with Crippen molar-refractivity contribution < 1.29 is 19.6 Å². The molecule has 1 aromatic rings. The molecule has 1 aromatic carbocycles. The number of amides is 1. The molecule has 2 saturated carbocycles. The van der Waals surface area contributed by atoms with Crippen LogP contribution in [0.2, 0.25) is 0 Å². The molecule has 2 fully saturated rings. The molecular weight excluding hydrogens is 312 g/mol. The van der Waals surface area contributed by atoms with Gasteiger partial charge in [0.15, 0.2) is 5.75 Å². The van der Waals surface area contributed by atoms with Crippen molar-refractivity contribution in [2.75, 3.05) is 13.7 Å². The minimum atomic E-state index is -0.671. The zero-order valence-electron chi connectivity index (χ0n) is 13.9. The highest BCUT2D eigenvalue weighted by Gasteiger charge is 2.60. The molecule has 1 spiro atoms. The van der Waals surface area contributed by atoms with Crippen LogP contribution in [0.5, 0.6) is 5.75 Å². The topological polar surface area (TPSA) is 92.9 Å². The zero-order valence-corrected chi connectivity index (χ0v) is 13.9. The molecular formula is C17H22N2O5. The van der Waals surface area contributed by atoms with E-state index in [1.54, 1.807) is 11.9 Å². The third-order valence-corrected chi connectivity index (χ3v) is 5.60. The van der Waals surface area contributed by atoms with Gasteiger partial charge in [0, 0.05) is 36.7 Å². The first kappa shape index (κ1) is 16.7. The molecule has 0 aromatic heterocycles. The Morgan fingerprint density at radius 2 is 2.21 bits per heavy atom. The summed E-state index contributed by atoms with van der Waals surface area (Å²) >= 11 is 0. The highest BCUT2D eigenvalue weighted by Crippen LogP contribution is 2.59. The van der Waals surface area contributed by atoms with E-state index in [-0.39, 0.29) is 29.0 Å². The molecule has 0 saturated heterocycles. The van der Waals surface area contributed by atoms with Crippen LogP contribution >= 0.6 is 0 Å². The summed E-state index contributed by atoms with van der Waals surface area (Å²) in [4.78, 5) is 24.5. The fourth-order valence-corrected chi connectivity index (χ4v) is 4.10. The van der Waals surface area contributed by atoms with Crippen molar-refractivity contribution in [3.05, 3.63) is 33.9 Å². The maximum Gasteiger partial charge on any atom is 0.310 e. The first-order valence-corrected chi connectivity index (χ1v) is 8.27. The second-order valence-corrected chi connectivity index (χ2v) is 6.66. The van der Waals surface area contributed by atoms with Crippen LogP contribution in [0.1, 0.15) is 43.0 Å². The number of hydrogen-bond donors (Lipinski definition) is 1. The molecule has 0 unspecified atom stereocenters. The van der Waals surface area contributed by atoms with Crippen molar-refractivity contribution in [2.45, 2.75) is 44.8 Å². The summed E-state index contributed by atoms with van der Waals surface area (Å²) in [5.74, 6) is -0.718. The number of carbonyl (C=O) groups is 1. The van der Waals surface area contributed by atoms with Crippen molar-refractivity contribution in [3.63, 3.8) is 0 Å². The maximum atomic E-state index is 12.7. The van der Waals surface area contributed by atoms with Crippen LogP contribution in [0, 0.1) is 15.5 Å². The predicted octanol–water partition coefficient (Wildman–Crippen LogP) is 2.72. The van der Waals surface area contributed by atoms with E-state index in [4.69, 9.17) is 4.74 Å². The second kappa shape index (κ2) is 6.05. The standard InChI is InChI=1S/C17H22N2O5/c1-3-24-15-10-14(17(15)7-4-8-17)18(2)16(21)11-5-6-12(19(22)23)13(20)9-11/h5-6,9,14-15,20H,3-4,7-8,10H2,1-2H3/t14-,15+/m1/s1. The molecule has 0 radical (unpaired) electrons. The number of phenols is 1. The average Bonchev–Trinajstić information content (AvgIpc) is 2.47. The summed E-state index contributed by atoms with van der Waals surface area (Å²) in [6, 6.07) is 3.85. The summed E-state index contributed by atoms with van der Waals surface area (Å²) in [6.07, 6.45) is 4.30. The Hall–Kier alpha value is -2.15. The molecule has 7 heteroatoms. The Morgan fingerprint density at radius 1 is 1.50 bits per heavy atom. The van der Waals surface area contributed by atoms with Gasteiger partial charge in [-0.05, 0) is 38.3 Å². The van der Waals surface area contributed by atoms with Crippen LogP contribution < -0.4 is 0 Å². The molecule has 1 N–H and O–H groups in total. The molecule has 2 aliphatic carbocycles. The van der Waals surface area contributed by atoms with Gasteiger partial charge >= 0.3 is 5.69 Å². The van der Waals surface area contributed by atoms with Gasteiger partial charge in [-0.25, -0.2) is 0 Å². The summed E-state index contributed by atoms with van der Waals surface area (Å²) < 4.78 is 5.81. The smallest absolute Gasteiger partial charge is 0.310 e. The number of ether oxygens (including phenoxy) is 1. The zero-order chi connectivity index (χ0) is 17.5. The van der Waals surface area contributed by atoms with E-state index in [2.05, 4.69) is 0 Å². The lowest BCUT2D eigenvalue weighted by molar-refractivity contribution is -0.385. The number of rotatable bonds is 5. The molecule has 130 valence electrons. The number of aromatic hydroxyl groups is 1. The molecule has 24 heavy (non-hydrogen) atoms. The molecule has 0 aliphatic heterocycles.